The van der Waals surface area contributed by atoms with Crippen molar-refractivity contribution in [2.45, 2.75) is 13.8 Å². The molecule has 26 heavy (non-hydrogen) atoms. The molecule has 1 saturated carbocycles. The van der Waals surface area contributed by atoms with Gasteiger partial charge in [0.15, 0.2) is 0 Å². The Morgan fingerprint density at radius 2 is 0.731 bits per heavy atom. The number of rotatable bonds is 4. The van der Waals surface area contributed by atoms with E-state index in [1.807, 2.05) is 0 Å². The standard InChI is InChI=1S/C18H24O8/c1-7-8(2)10-13(17(21)25-5)11(15(19)23-3)9(7)12(16(20)24-4)14(10)18(22)26-6/h9-14H,1-6H3. The Labute approximate surface area is 151 Å². The Bertz CT molecular complexity index is 564. The van der Waals surface area contributed by atoms with E-state index < -0.39 is 59.4 Å². The summed E-state index contributed by atoms with van der Waals surface area (Å²) in [6.45, 7) is 3.58. The maximum absolute atomic E-state index is 12.5. The zero-order valence-corrected chi connectivity index (χ0v) is 15.7. The molecule has 3 aliphatic rings. The topological polar surface area (TPSA) is 105 Å². The van der Waals surface area contributed by atoms with E-state index in [1.165, 1.54) is 28.4 Å². The molecule has 8 heteroatoms. The Kier molecular flexibility index (Phi) is 5.73. The molecule has 0 heterocycles. The maximum Gasteiger partial charge on any atom is 0.310 e. The van der Waals surface area contributed by atoms with E-state index in [4.69, 9.17) is 18.9 Å². The van der Waals surface area contributed by atoms with E-state index in [-0.39, 0.29) is 0 Å². The van der Waals surface area contributed by atoms with Crippen LogP contribution in [0, 0.1) is 35.5 Å². The summed E-state index contributed by atoms with van der Waals surface area (Å²) in [4.78, 5) is 50.1. The highest BCUT2D eigenvalue weighted by molar-refractivity contribution is 5.91. The van der Waals surface area contributed by atoms with Crippen LogP contribution in [0.2, 0.25) is 0 Å². The van der Waals surface area contributed by atoms with Crippen molar-refractivity contribution in [3.05, 3.63) is 11.1 Å². The van der Waals surface area contributed by atoms with Crippen LogP contribution >= 0.6 is 0 Å². The zero-order chi connectivity index (χ0) is 19.8. The summed E-state index contributed by atoms with van der Waals surface area (Å²) in [5.74, 6) is -7.69. The molecule has 2 bridgehead atoms. The average Bonchev–Trinajstić information content (AvgIpc) is 2.66. The van der Waals surface area contributed by atoms with Crippen LogP contribution in [0.4, 0.5) is 0 Å². The largest absolute Gasteiger partial charge is 0.469 e. The lowest BCUT2D eigenvalue weighted by Crippen LogP contribution is -2.60. The van der Waals surface area contributed by atoms with Crippen LogP contribution in [0.1, 0.15) is 13.8 Å². The first-order valence-corrected chi connectivity index (χ1v) is 8.25. The second-order valence-corrected chi connectivity index (χ2v) is 6.61. The molecule has 8 nitrogen and oxygen atoms in total. The van der Waals surface area contributed by atoms with Crippen molar-refractivity contribution in [1.82, 2.24) is 0 Å². The van der Waals surface area contributed by atoms with Crippen LogP contribution in [-0.2, 0) is 38.1 Å². The monoisotopic (exact) mass is 368 g/mol. The molecule has 144 valence electrons. The number of hydrogen-bond acceptors (Lipinski definition) is 8. The molecular weight excluding hydrogens is 344 g/mol. The second kappa shape index (κ2) is 7.47. The fourth-order valence-corrected chi connectivity index (χ4v) is 4.66. The van der Waals surface area contributed by atoms with Gasteiger partial charge < -0.3 is 18.9 Å². The van der Waals surface area contributed by atoms with Gasteiger partial charge in [0, 0.05) is 11.8 Å². The van der Waals surface area contributed by atoms with E-state index in [0.717, 1.165) is 11.1 Å². The first kappa shape index (κ1) is 19.9. The van der Waals surface area contributed by atoms with Gasteiger partial charge in [0.25, 0.3) is 0 Å². The summed E-state index contributed by atoms with van der Waals surface area (Å²) in [6.07, 6.45) is 0. The third kappa shape index (κ3) is 2.77. The molecule has 3 aliphatic carbocycles. The molecule has 0 aromatic heterocycles. The highest BCUT2D eigenvalue weighted by Crippen LogP contribution is 2.58. The number of hydrogen-bond donors (Lipinski definition) is 0. The SMILES string of the molecule is COC(=O)C1C(C(=O)OC)C2C(C)=C(C)C1C(C(=O)OC)C2C(=O)OC. The highest BCUT2D eigenvalue weighted by atomic mass is 16.5. The minimum atomic E-state index is -0.939. The van der Waals surface area contributed by atoms with Crippen molar-refractivity contribution < 1.29 is 38.1 Å². The lowest BCUT2D eigenvalue weighted by molar-refractivity contribution is -0.183. The first-order valence-electron chi connectivity index (χ1n) is 8.25. The van der Waals surface area contributed by atoms with Gasteiger partial charge in [0.05, 0.1) is 52.1 Å². The van der Waals surface area contributed by atoms with Crippen molar-refractivity contribution >= 4 is 23.9 Å². The van der Waals surface area contributed by atoms with E-state index in [1.54, 1.807) is 13.8 Å². The van der Waals surface area contributed by atoms with E-state index in [0.29, 0.717) is 0 Å². The molecule has 0 saturated heterocycles. The average molecular weight is 368 g/mol. The third-order valence-corrected chi connectivity index (χ3v) is 5.84. The van der Waals surface area contributed by atoms with Crippen molar-refractivity contribution in [3.8, 4) is 0 Å². The van der Waals surface area contributed by atoms with Crippen molar-refractivity contribution in [3.63, 3.8) is 0 Å². The van der Waals surface area contributed by atoms with E-state index >= 15 is 0 Å². The van der Waals surface area contributed by atoms with Gasteiger partial charge in [-0.05, 0) is 13.8 Å². The Hall–Kier alpha value is -2.38. The summed E-state index contributed by atoms with van der Waals surface area (Å²) in [5.41, 5.74) is 1.56. The number of carbonyl (C=O) groups is 4. The molecular formula is C18H24O8. The summed E-state index contributed by atoms with van der Waals surface area (Å²) in [5, 5.41) is 0. The molecule has 0 aliphatic heterocycles. The molecule has 4 unspecified atom stereocenters. The normalized spacial score (nSPS) is 32.7. The molecule has 0 spiro atoms. The quantitative estimate of drug-likeness (QED) is 0.406. The molecule has 0 aromatic carbocycles. The fraction of sp³-hybridized carbons (Fsp3) is 0.667. The van der Waals surface area contributed by atoms with Crippen molar-refractivity contribution in [1.29, 1.82) is 0 Å². The molecule has 4 atom stereocenters. The molecule has 0 radical (unpaired) electrons. The van der Waals surface area contributed by atoms with E-state index in [9.17, 15) is 19.2 Å². The number of allylic oxidation sites excluding steroid dienone is 2. The zero-order valence-electron chi connectivity index (χ0n) is 15.7. The van der Waals surface area contributed by atoms with Gasteiger partial charge in [-0.2, -0.15) is 0 Å². The van der Waals surface area contributed by atoms with Gasteiger partial charge in [-0.15, -0.1) is 0 Å². The van der Waals surface area contributed by atoms with Gasteiger partial charge in [-0.25, -0.2) is 0 Å². The van der Waals surface area contributed by atoms with Crippen LogP contribution in [0.3, 0.4) is 0 Å². The highest BCUT2D eigenvalue weighted by Gasteiger charge is 2.65. The number of esters is 4. The molecule has 0 N–H and O–H groups in total. The Morgan fingerprint density at radius 3 is 0.885 bits per heavy atom. The van der Waals surface area contributed by atoms with Gasteiger partial charge in [0.1, 0.15) is 0 Å². The summed E-state index contributed by atoms with van der Waals surface area (Å²) in [7, 11) is 4.87. The smallest absolute Gasteiger partial charge is 0.310 e. The molecule has 0 aromatic rings. The van der Waals surface area contributed by atoms with Gasteiger partial charge in [-0.1, -0.05) is 11.1 Å². The number of carbonyl (C=O) groups excluding carboxylic acids is 4. The predicted octanol–water partition coefficient (Wildman–Crippen LogP) is 0.739. The van der Waals surface area contributed by atoms with Crippen LogP contribution in [0.15, 0.2) is 11.1 Å². The van der Waals surface area contributed by atoms with Gasteiger partial charge >= 0.3 is 23.9 Å². The van der Waals surface area contributed by atoms with Crippen LogP contribution in [0.5, 0.6) is 0 Å². The third-order valence-electron chi connectivity index (χ3n) is 5.84. The lowest BCUT2D eigenvalue weighted by atomic mass is 9.48. The summed E-state index contributed by atoms with van der Waals surface area (Å²) in [6, 6.07) is 0. The molecule has 0 amide bonds. The van der Waals surface area contributed by atoms with Gasteiger partial charge in [-0.3, -0.25) is 19.2 Å². The Balaban J connectivity index is 2.74. The number of fused-ring (bicyclic) bond motifs is 2. The Morgan fingerprint density at radius 1 is 0.538 bits per heavy atom. The van der Waals surface area contributed by atoms with Crippen LogP contribution < -0.4 is 0 Å². The first-order chi connectivity index (χ1) is 12.3. The molecule has 3 rings (SSSR count). The number of methoxy groups -OCH3 is 4. The second-order valence-electron chi connectivity index (χ2n) is 6.61. The maximum atomic E-state index is 12.5. The summed E-state index contributed by atoms with van der Waals surface area (Å²) >= 11 is 0. The lowest BCUT2D eigenvalue weighted by Gasteiger charge is -2.53. The van der Waals surface area contributed by atoms with Crippen LogP contribution in [0.25, 0.3) is 0 Å². The predicted molar refractivity (Wildman–Crippen MR) is 87.4 cm³/mol. The fourth-order valence-electron chi connectivity index (χ4n) is 4.66. The minimum absolute atomic E-state index is 0.625. The van der Waals surface area contributed by atoms with Crippen LogP contribution in [-0.4, -0.2) is 52.3 Å². The van der Waals surface area contributed by atoms with Gasteiger partial charge in [0.2, 0.25) is 0 Å². The summed E-state index contributed by atoms with van der Waals surface area (Å²) < 4.78 is 19.6. The minimum Gasteiger partial charge on any atom is -0.469 e. The number of ether oxygens (including phenoxy) is 4. The molecule has 1 fully saturated rings. The van der Waals surface area contributed by atoms with E-state index in [2.05, 4.69) is 0 Å². The van der Waals surface area contributed by atoms with Crippen molar-refractivity contribution in [2.75, 3.05) is 28.4 Å². The van der Waals surface area contributed by atoms with Crippen molar-refractivity contribution in [2.24, 2.45) is 35.5 Å².